The highest BCUT2D eigenvalue weighted by molar-refractivity contribution is 7.15. The van der Waals surface area contributed by atoms with Gasteiger partial charge in [0, 0.05) is 27.6 Å². The van der Waals surface area contributed by atoms with Crippen molar-refractivity contribution in [3.05, 3.63) is 80.5 Å². The summed E-state index contributed by atoms with van der Waals surface area (Å²) in [5.74, 6) is -2.19. The Bertz CT molecular complexity index is 1560. The number of aryl methyl sites for hydroxylation is 1. The summed E-state index contributed by atoms with van der Waals surface area (Å²) in [6, 6.07) is 8.25. The molecule has 2 aromatic carbocycles. The van der Waals surface area contributed by atoms with Crippen LogP contribution >= 0.6 is 11.3 Å². The maximum Gasteiger partial charge on any atom is 0.343 e. The van der Waals surface area contributed by atoms with Crippen LogP contribution in [0.2, 0.25) is 0 Å². The molecule has 1 atom stereocenters. The van der Waals surface area contributed by atoms with Crippen LogP contribution in [0.4, 0.5) is 8.78 Å². The van der Waals surface area contributed by atoms with Gasteiger partial charge in [-0.25, -0.2) is 13.6 Å². The normalized spacial score (nSPS) is 15.1. The summed E-state index contributed by atoms with van der Waals surface area (Å²) in [5, 5.41) is 10.6. The van der Waals surface area contributed by atoms with Crippen LogP contribution in [0.15, 0.2) is 47.4 Å². The number of pyridine rings is 1. The Morgan fingerprint density at radius 2 is 2.03 bits per heavy atom. The van der Waals surface area contributed by atoms with Gasteiger partial charge in [-0.15, -0.1) is 11.3 Å². The molecule has 6 nitrogen and oxygen atoms in total. The van der Waals surface area contributed by atoms with Gasteiger partial charge in [-0.1, -0.05) is 0 Å². The number of benzene rings is 2. The minimum absolute atomic E-state index is 0.0539. The number of aliphatic hydroxyl groups excluding tert-OH is 1. The topological polar surface area (TPSA) is 77.8 Å². The molecule has 1 unspecified atom stereocenters. The van der Waals surface area contributed by atoms with Crippen molar-refractivity contribution in [2.24, 2.45) is 0 Å². The minimum Gasteiger partial charge on any atom is -0.494 e. The lowest BCUT2D eigenvalue weighted by Crippen LogP contribution is -2.21. The molecule has 186 valence electrons. The number of methoxy groups -OCH3 is 1. The molecule has 2 heterocycles. The first-order chi connectivity index (χ1) is 17.3. The van der Waals surface area contributed by atoms with E-state index in [4.69, 9.17) is 9.47 Å². The van der Waals surface area contributed by atoms with Gasteiger partial charge in [0.05, 0.1) is 30.9 Å². The summed E-state index contributed by atoms with van der Waals surface area (Å²) >= 11 is 1.53. The fourth-order valence-electron chi connectivity index (χ4n) is 4.68. The van der Waals surface area contributed by atoms with E-state index in [1.165, 1.54) is 35.3 Å². The van der Waals surface area contributed by atoms with Crippen molar-refractivity contribution in [1.82, 2.24) is 4.57 Å². The van der Waals surface area contributed by atoms with E-state index in [1.54, 1.807) is 19.1 Å². The lowest BCUT2D eigenvalue weighted by Gasteiger charge is -2.18. The zero-order chi connectivity index (χ0) is 25.6. The second kappa shape index (κ2) is 9.48. The van der Waals surface area contributed by atoms with Crippen molar-refractivity contribution in [3.63, 3.8) is 0 Å². The number of carbonyl (C=O) groups excluding carboxylic acids is 1. The molecule has 2 aromatic heterocycles. The van der Waals surface area contributed by atoms with E-state index in [1.807, 2.05) is 6.07 Å². The number of thiophene rings is 1. The summed E-state index contributed by atoms with van der Waals surface area (Å²) in [4.78, 5) is 27.8. The van der Waals surface area contributed by atoms with E-state index in [9.17, 15) is 23.5 Å². The second-order valence-corrected chi connectivity index (χ2v) is 9.63. The van der Waals surface area contributed by atoms with Crippen LogP contribution in [0.3, 0.4) is 0 Å². The van der Waals surface area contributed by atoms with Gasteiger partial charge in [-0.05, 0) is 62.1 Å². The Balaban J connectivity index is 1.84. The molecule has 9 heteroatoms. The maximum absolute atomic E-state index is 15.0. The van der Waals surface area contributed by atoms with Gasteiger partial charge in [0.2, 0.25) is 5.43 Å². The molecular weight excluding hydrogens is 488 g/mol. The quantitative estimate of drug-likeness (QED) is 0.356. The van der Waals surface area contributed by atoms with Gasteiger partial charge in [0.25, 0.3) is 0 Å². The molecule has 4 aromatic rings. The van der Waals surface area contributed by atoms with Crippen LogP contribution in [0.5, 0.6) is 5.75 Å². The molecular formula is C27H23F2NO5S. The Morgan fingerprint density at radius 3 is 2.72 bits per heavy atom. The third-order valence-corrected chi connectivity index (χ3v) is 7.58. The van der Waals surface area contributed by atoms with Crippen LogP contribution in [0, 0.1) is 11.6 Å². The SMILES string of the molecule is CCOC(=O)c1cn(-c2ccc(F)cc2F)c2c(OC)c(-c3cc4c(s3)CCCC4O)ccc2c1=O. The van der Waals surface area contributed by atoms with E-state index >= 15 is 0 Å². The predicted molar refractivity (Wildman–Crippen MR) is 133 cm³/mol. The van der Waals surface area contributed by atoms with E-state index in [2.05, 4.69) is 0 Å². The van der Waals surface area contributed by atoms with Gasteiger partial charge >= 0.3 is 5.97 Å². The van der Waals surface area contributed by atoms with Crippen LogP contribution < -0.4 is 10.2 Å². The van der Waals surface area contributed by atoms with Crippen LogP contribution in [0.25, 0.3) is 27.0 Å². The number of esters is 1. The predicted octanol–water partition coefficient (Wildman–Crippen LogP) is 5.55. The fourth-order valence-corrected chi connectivity index (χ4v) is 5.96. The number of ether oxygens (including phenoxy) is 2. The number of hydrogen-bond acceptors (Lipinski definition) is 6. The molecule has 36 heavy (non-hydrogen) atoms. The molecule has 0 radical (unpaired) electrons. The van der Waals surface area contributed by atoms with Crippen molar-refractivity contribution in [1.29, 1.82) is 0 Å². The number of fused-ring (bicyclic) bond motifs is 2. The van der Waals surface area contributed by atoms with E-state index in [0.29, 0.717) is 12.0 Å². The number of hydrogen-bond donors (Lipinski definition) is 1. The Labute approximate surface area is 209 Å². The molecule has 1 aliphatic carbocycles. The van der Waals surface area contributed by atoms with Crippen LogP contribution in [-0.4, -0.2) is 29.4 Å². The van der Waals surface area contributed by atoms with E-state index in [-0.39, 0.29) is 34.5 Å². The summed E-state index contributed by atoms with van der Waals surface area (Å²) < 4.78 is 40.8. The molecule has 1 N–H and O–H groups in total. The minimum atomic E-state index is -0.878. The highest BCUT2D eigenvalue weighted by Gasteiger charge is 2.26. The molecule has 0 saturated heterocycles. The molecule has 0 bridgehead atoms. The number of halogens is 2. The van der Waals surface area contributed by atoms with Gasteiger partial charge in [-0.2, -0.15) is 0 Å². The molecule has 0 fully saturated rings. The van der Waals surface area contributed by atoms with Crippen molar-refractivity contribution in [3.8, 4) is 21.9 Å². The van der Waals surface area contributed by atoms with Crippen LogP contribution in [0.1, 0.15) is 46.7 Å². The van der Waals surface area contributed by atoms with Gasteiger partial charge < -0.3 is 19.1 Å². The Hall–Kier alpha value is -3.56. The molecule has 0 saturated carbocycles. The van der Waals surface area contributed by atoms with Crippen molar-refractivity contribution in [2.75, 3.05) is 13.7 Å². The summed E-state index contributed by atoms with van der Waals surface area (Å²) in [6.45, 7) is 1.67. The third kappa shape index (κ3) is 3.98. The zero-order valence-electron chi connectivity index (χ0n) is 19.6. The average Bonchev–Trinajstić information content (AvgIpc) is 3.30. The second-order valence-electron chi connectivity index (χ2n) is 8.50. The van der Waals surface area contributed by atoms with Crippen molar-refractivity contribution in [2.45, 2.75) is 32.3 Å². The average molecular weight is 512 g/mol. The van der Waals surface area contributed by atoms with E-state index < -0.39 is 29.1 Å². The standard InChI is InChI=1S/C27H23F2NO5S/c1-3-35-27(33)18-13-30(20-10-7-14(28)11-19(20)29)24-16(25(18)32)9-8-15(26(24)34-2)23-12-17-21(31)5-4-6-22(17)36-23/h7-13,21,31H,3-6H2,1-2H3. The van der Waals surface area contributed by atoms with Gasteiger partial charge in [-0.3, -0.25) is 4.79 Å². The van der Waals surface area contributed by atoms with E-state index in [0.717, 1.165) is 40.3 Å². The number of rotatable bonds is 5. The molecule has 0 spiro atoms. The fraction of sp³-hybridized carbons (Fsp3) is 0.259. The van der Waals surface area contributed by atoms with Crippen molar-refractivity contribution < 1.29 is 28.2 Å². The highest BCUT2D eigenvalue weighted by atomic mass is 32.1. The Kier molecular flexibility index (Phi) is 6.36. The zero-order valence-corrected chi connectivity index (χ0v) is 20.5. The summed E-state index contributed by atoms with van der Waals surface area (Å²) in [6.07, 6.45) is 3.11. The van der Waals surface area contributed by atoms with Gasteiger partial charge in [0.15, 0.2) is 5.75 Å². The van der Waals surface area contributed by atoms with Crippen molar-refractivity contribution >= 4 is 28.2 Å². The maximum atomic E-state index is 15.0. The number of aromatic nitrogens is 1. The molecule has 5 rings (SSSR count). The van der Waals surface area contributed by atoms with Crippen LogP contribution in [-0.2, 0) is 11.2 Å². The summed E-state index contributed by atoms with van der Waals surface area (Å²) in [5.41, 5.74) is 0.818. The lowest BCUT2D eigenvalue weighted by molar-refractivity contribution is 0.0524. The molecule has 0 aliphatic heterocycles. The largest absolute Gasteiger partial charge is 0.494 e. The first-order valence-electron chi connectivity index (χ1n) is 11.5. The first-order valence-corrected chi connectivity index (χ1v) is 12.4. The lowest BCUT2D eigenvalue weighted by atomic mass is 9.95. The first kappa shape index (κ1) is 24.1. The highest BCUT2D eigenvalue weighted by Crippen LogP contribution is 2.44. The molecule has 0 amide bonds. The monoisotopic (exact) mass is 511 g/mol. The molecule has 1 aliphatic rings. The summed E-state index contributed by atoms with van der Waals surface area (Å²) in [7, 11) is 1.44. The third-order valence-electron chi connectivity index (χ3n) is 6.34. The number of carbonyl (C=O) groups is 1. The van der Waals surface area contributed by atoms with Gasteiger partial charge in [0.1, 0.15) is 22.7 Å². The smallest absolute Gasteiger partial charge is 0.343 e. The number of aliphatic hydroxyl groups is 1. The Morgan fingerprint density at radius 1 is 1.22 bits per heavy atom. The number of nitrogens with zero attached hydrogens (tertiary/aromatic N) is 1.